The molecule has 2 rings (SSSR count). The predicted molar refractivity (Wildman–Crippen MR) is 95.9 cm³/mol. The van der Waals surface area contributed by atoms with Crippen molar-refractivity contribution in [1.82, 2.24) is 10.2 Å². The molecule has 1 heterocycles. The number of methoxy groups -OCH3 is 1. The molecule has 6 nitrogen and oxygen atoms in total. The average molecular weight is 348 g/mol. The van der Waals surface area contributed by atoms with E-state index in [1.54, 1.807) is 18.9 Å². The lowest BCUT2D eigenvalue weighted by molar-refractivity contribution is -0.121. The molecule has 1 saturated heterocycles. The zero-order chi connectivity index (χ0) is 18.4. The molecular weight excluding hydrogens is 320 g/mol. The number of nitrogens with zero attached hydrogens (tertiary/aromatic N) is 1. The fraction of sp³-hybridized carbons (Fsp3) is 0.579. The monoisotopic (exact) mass is 348 g/mol. The zero-order valence-corrected chi connectivity index (χ0v) is 15.6. The van der Waals surface area contributed by atoms with E-state index in [4.69, 9.17) is 9.47 Å². The topological polar surface area (TPSA) is 67.9 Å². The maximum absolute atomic E-state index is 12.4. The number of benzene rings is 1. The third-order valence-corrected chi connectivity index (χ3v) is 4.44. The molecule has 0 aromatic heterocycles. The number of rotatable bonds is 5. The van der Waals surface area contributed by atoms with Crippen LogP contribution in [-0.2, 0) is 16.0 Å². The number of amides is 2. The summed E-state index contributed by atoms with van der Waals surface area (Å²) in [6, 6.07) is 4.13. The van der Waals surface area contributed by atoms with Crippen molar-refractivity contribution in [2.75, 3.05) is 26.8 Å². The quantitative estimate of drug-likeness (QED) is 0.888. The first-order valence-electron chi connectivity index (χ1n) is 8.79. The lowest BCUT2D eigenvalue weighted by Crippen LogP contribution is -2.47. The van der Waals surface area contributed by atoms with Crippen LogP contribution in [0.25, 0.3) is 0 Å². The zero-order valence-electron chi connectivity index (χ0n) is 15.6. The van der Waals surface area contributed by atoms with Crippen LogP contribution >= 0.6 is 0 Å². The molecule has 1 fully saturated rings. The Morgan fingerprint density at radius 3 is 2.52 bits per heavy atom. The Morgan fingerprint density at radius 2 is 1.92 bits per heavy atom. The summed E-state index contributed by atoms with van der Waals surface area (Å²) in [5.41, 5.74) is 3.05. The van der Waals surface area contributed by atoms with E-state index in [1.165, 1.54) is 0 Å². The third kappa shape index (κ3) is 5.11. The molecule has 0 unspecified atom stereocenters. The van der Waals surface area contributed by atoms with Crippen LogP contribution in [0.5, 0.6) is 5.75 Å². The number of hydrogen-bond donors (Lipinski definition) is 1. The number of nitrogens with one attached hydrogen (secondary N) is 1. The highest BCUT2D eigenvalue weighted by molar-refractivity contribution is 5.80. The van der Waals surface area contributed by atoms with Gasteiger partial charge in [0.1, 0.15) is 5.75 Å². The summed E-state index contributed by atoms with van der Waals surface area (Å²) < 4.78 is 10.5. The first-order valence-corrected chi connectivity index (χ1v) is 8.79. The molecular formula is C19H28N2O4. The van der Waals surface area contributed by atoms with Gasteiger partial charge in [0.25, 0.3) is 0 Å². The maximum atomic E-state index is 12.4. The van der Waals surface area contributed by atoms with Crippen molar-refractivity contribution in [3.05, 3.63) is 28.8 Å². The van der Waals surface area contributed by atoms with Gasteiger partial charge in [0.15, 0.2) is 0 Å². The second-order valence-electron chi connectivity index (χ2n) is 6.48. The number of aryl methyl sites for hydroxylation is 2. The average Bonchev–Trinajstić information content (AvgIpc) is 2.55. The molecule has 2 amide bonds. The summed E-state index contributed by atoms with van der Waals surface area (Å²) in [6.07, 6.45) is 1.51. The van der Waals surface area contributed by atoms with Gasteiger partial charge in [-0.15, -0.1) is 0 Å². The van der Waals surface area contributed by atoms with Gasteiger partial charge < -0.3 is 19.7 Å². The Labute approximate surface area is 149 Å². The number of hydrogen-bond acceptors (Lipinski definition) is 4. The highest BCUT2D eigenvalue weighted by Crippen LogP contribution is 2.25. The van der Waals surface area contributed by atoms with E-state index < -0.39 is 0 Å². The van der Waals surface area contributed by atoms with Crippen molar-refractivity contribution in [3.63, 3.8) is 0 Å². The van der Waals surface area contributed by atoms with Crippen molar-refractivity contribution in [1.29, 1.82) is 0 Å². The van der Waals surface area contributed by atoms with Crippen LogP contribution in [0.4, 0.5) is 4.79 Å². The van der Waals surface area contributed by atoms with Crippen LogP contribution in [-0.4, -0.2) is 49.7 Å². The van der Waals surface area contributed by atoms with E-state index in [2.05, 4.69) is 5.32 Å². The van der Waals surface area contributed by atoms with E-state index in [0.717, 1.165) is 35.3 Å². The minimum atomic E-state index is -0.271. The van der Waals surface area contributed by atoms with Gasteiger partial charge in [0, 0.05) is 24.7 Å². The second kappa shape index (κ2) is 8.74. The summed E-state index contributed by atoms with van der Waals surface area (Å²) in [7, 11) is 1.63. The molecule has 1 aromatic carbocycles. The van der Waals surface area contributed by atoms with Crippen molar-refractivity contribution in [2.45, 2.75) is 46.1 Å². The molecule has 1 aliphatic rings. The van der Waals surface area contributed by atoms with Gasteiger partial charge in [0.2, 0.25) is 5.91 Å². The third-order valence-electron chi connectivity index (χ3n) is 4.44. The second-order valence-corrected chi connectivity index (χ2v) is 6.48. The number of ether oxygens (including phenoxy) is 2. The molecule has 0 radical (unpaired) electrons. The van der Waals surface area contributed by atoms with E-state index >= 15 is 0 Å². The lowest BCUT2D eigenvalue weighted by atomic mass is 10.0. The molecule has 0 spiro atoms. The SMILES string of the molecule is CCOC(=O)N1CCC(NC(=O)Cc2cc(C)cc(C)c2OC)CC1. The number of likely N-dealkylation sites (tertiary alicyclic amines) is 1. The van der Waals surface area contributed by atoms with E-state index in [9.17, 15) is 9.59 Å². The molecule has 138 valence electrons. The van der Waals surface area contributed by atoms with Gasteiger partial charge in [-0.25, -0.2) is 4.79 Å². The minimum absolute atomic E-state index is 0.0158. The number of carbonyl (C=O) groups excluding carboxylic acids is 2. The molecule has 0 saturated carbocycles. The Morgan fingerprint density at radius 1 is 1.24 bits per heavy atom. The van der Waals surface area contributed by atoms with Gasteiger partial charge in [0.05, 0.1) is 20.1 Å². The van der Waals surface area contributed by atoms with Crippen LogP contribution < -0.4 is 10.1 Å². The van der Waals surface area contributed by atoms with Crippen LogP contribution in [0.15, 0.2) is 12.1 Å². The number of piperidine rings is 1. The van der Waals surface area contributed by atoms with Crippen molar-refractivity contribution >= 4 is 12.0 Å². The summed E-state index contributed by atoms with van der Waals surface area (Å²) in [5.74, 6) is 0.760. The van der Waals surface area contributed by atoms with Gasteiger partial charge in [-0.05, 0) is 39.2 Å². The van der Waals surface area contributed by atoms with Crippen molar-refractivity contribution in [2.24, 2.45) is 0 Å². The first kappa shape index (κ1) is 19.1. The first-order chi connectivity index (χ1) is 11.9. The Hall–Kier alpha value is -2.24. The van der Waals surface area contributed by atoms with E-state index in [0.29, 0.717) is 26.1 Å². The Bertz CT molecular complexity index is 622. The largest absolute Gasteiger partial charge is 0.496 e. The minimum Gasteiger partial charge on any atom is -0.496 e. The van der Waals surface area contributed by atoms with Crippen molar-refractivity contribution in [3.8, 4) is 5.75 Å². The molecule has 25 heavy (non-hydrogen) atoms. The summed E-state index contributed by atoms with van der Waals surface area (Å²) in [6.45, 7) is 7.39. The fourth-order valence-corrected chi connectivity index (χ4v) is 3.34. The highest BCUT2D eigenvalue weighted by Gasteiger charge is 2.24. The molecule has 0 bridgehead atoms. The molecule has 6 heteroatoms. The summed E-state index contributed by atoms with van der Waals surface area (Å²) in [4.78, 5) is 25.8. The molecule has 0 aliphatic carbocycles. The van der Waals surface area contributed by atoms with Crippen LogP contribution in [0.2, 0.25) is 0 Å². The van der Waals surface area contributed by atoms with Crippen LogP contribution in [0.1, 0.15) is 36.5 Å². The van der Waals surface area contributed by atoms with Gasteiger partial charge >= 0.3 is 6.09 Å². The van der Waals surface area contributed by atoms with Crippen molar-refractivity contribution < 1.29 is 19.1 Å². The van der Waals surface area contributed by atoms with Gasteiger partial charge in [-0.1, -0.05) is 17.7 Å². The van der Waals surface area contributed by atoms with E-state index in [-0.39, 0.29) is 18.0 Å². The van der Waals surface area contributed by atoms with E-state index in [1.807, 2.05) is 26.0 Å². The van der Waals surface area contributed by atoms with Crippen LogP contribution in [0, 0.1) is 13.8 Å². The van der Waals surface area contributed by atoms with Gasteiger partial charge in [-0.2, -0.15) is 0 Å². The normalized spacial score (nSPS) is 15.0. The van der Waals surface area contributed by atoms with Gasteiger partial charge in [-0.3, -0.25) is 4.79 Å². The lowest BCUT2D eigenvalue weighted by Gasteiger charge is -2.31. The molecule has 1 aromatic rings. The Balaban J connectivity index is 1.89. The molecule has 0 atom stereocenters. The smallest absolute Gasteiger partial charge is 0.409 e. The summed E-state index contributed by atoms with van der Waals surface area (Å²) >= 11 is 0. The maximum Gasteiger partial charge on any atom is 0.409 e. The fourth-order valence-electron chi connectivity index (χ4n) is 3.34. The molecule has 1 aliphatic heterocycles. The Kier molecular flexibility index (Phi) is 6.67. The van der Waals surface area contributed by atoms with Crippen LogP contribution in [0.3, 0.4) is 0 Å². The predicted octanol–water partition coefficient (Wildman–Crippen LogP) is 2.59. The number of carbonyl (C=O) groups is 2. The molecule has 1 N–H and O–H groups in total. The highest BCUT2D eigenvalue weighted by atomic mass is 16.6. The standard InChI is InChI=1S/C19H28N2O4/c1-5-25-19(23)21-8-6-16(7-9-21)20-17(22)12-15-11-13(2)10-14(3)18(15)24-4/h10-11,16H,5-9,12H2,1-4H3,(H,20,22). The summed E-state index contributed by atoms with van der Waals surface area (Å²) in [5, 5.41) is 3.08.